The lowest BCUT2D eigenvalue weighted by Gasteiger charge is -2.08. The van der Waals surface area contributed by atoms with Crippen LogP contribution < -0.4 is 10.9 Å². The highest BCUT2D eigenvalue weighted by atomic mass is 79.9. The average molecular weight is 425 g/mol. The Balaban J connectivity index is 1.81. The lowest BCUT2D eigenvalue weighted by Crippen LogP contribution is -2.27. The first-order chi connectivity index (χ1) is 11.5. The Morgan fingerprint density at radius 2 is 2.25 bits per heavy atom. The predicted octanol–water partition coefficient (Wildman–Crippen LogP) is 3.28. The van der Waals surface area contributed by atoms with Crippen LogP contribution in [-0.2, 0) is 11.3 Å². The third-order valence-corrected chi connectivity index (χ3v) is 6.20. The lowest BCUT2D eigenvalue weighted by molar-refractivity contribution is -0.116. The molecule has 0 spiro atoms. The summed E-state index contributed by atoms with van der Waals surface area (Å²) in [7, 11) is 0. The number of fused-ring (bicyclic) bond motifs is 1. The average Bonchev–Trinajstić information content (AvgIpc) is 2.98. The fourth-order valence-electron chi connectivity index (χ4n) is 2.10. The summed E-state index contributed by atoms with van der Waals surface area (Å²) in [5.74, 6) is -0.283. The van der Waals surface area contributed by atoms with Gasteiger partial charge in [0.1, 0.15) is 17.6 Å². The van der Waals surface area contributed by atoms with Gasteiger partial charge in [0.15, 0.2) is 9.99 Å². The Bertz CT molecular complexity index is 983. The van der Waals surface area contributed by atoms with Crippen molar-refractivity contribution in [2.75, 3.05) is 11.6 Å². The number of benzene rings is 1. The Morgan fingerprint density at radius 3 is 2.96 bits per heavy atom. The fraction of sp³-hybridized carbons (Fsp3) is 0.200. The Labute approximate surface area is 154 Å². The second kappa shape index (κ2) is 7.04. The molecule has 0 radical (unpaired) electrons. The Kier molecular flexibility index (Phi) is 5.02. The summed E-state index contributed by atoms with van der Waals surface area (Å²) in [5.41, 5.74) is 1.88. The lowest BCUT2D eigenvalue weighted by atomic mass is 10.2. The van der Waals surface area contributed by atoms with E-state index in [-0.39, 0.29) is 18.0 Å². The first-order valence-electron chi connectivity index (χ1n) is 6.94. The highest BCUT2D eigenvalue weighted by molar-refractivity contribution is 9.10. The second-order valence-electron chi connectivity index (χ2n) is 5.03. The number of thioether (sulfide) groups is 1. The number of hydrogen-bond donors (Lipinski definition) is 1. The van der Waals surface area contributed by atoms with Gasteiger partial charge in [0.25, 0.3) is 5.56 Å². The number of rotatable bonds is 4. The number of nitrogens with one attached hydrogen (secondary N) is 1. The highest BCUT2D eigenvalue weighted by Crippen LogP contribution is 2.24. The minimum Gasteiger partial charge on any atom is -0.325 e. The van der Waals surface area contributed by atoms with Gasteiger partial charge in [0.05, 0.1) is 0 Å². The molecular weight excluding hydrogens is 412 g/mol. The van der Waals surface area contributed by atoms with Crippen LogP contribution in [0, 0.1) is 6.92 Å². The van der Waals surface area contributed by atoms with E-state index in [0.29, 0.717) is 16.0 Å². The zero-order chi connectivity index (χ0) is 17.3. The third kappa shape index (κ3) is 3.52. The zero-order valence-corrected chi connectivity index (χ0v) is 16.1. The quantitative estimate of drug-likeness (QED) is 0.650. The number of aromatic nitrogens is 3. The predicted molar refractivity (Wildman–Crippen MR) is 101 cm³/mol. The van der Waals surface area contributed by atoms with Crippen LogP contribution in [0.3, 0.4) is 0 Å². The molecule has 0 fully saturated rings. The number of carbonyl (C=O) groups is 1. The van der Waals surface area contributed by atoms with Gasteiger partial charge >= 0.3 is 0 Å². The Hall–Kier alpha value is -1.71. The smallest absolute Gasteiger partial charge is 0.273 e. The van der Waals surface area contributed by atoms with Crippen LogP contribution in [0.15, 0.2) is 38.1 Å². The van der Waals surface area contributed by atoms with E-state index >= 15 is 0 Å². The molecule has 0 saturated carbocycles. The number of halogens is 1. The molecule has 9 heteroatoms. The molecule has 1 amide bonds. The van der Waals surface area contributed by atoms with Gasteiger partial charge in [-0.25, -0.2) is 9.97 Å². The molecule has 124 valence electrons. The van der Waals surface area contributed by atoms with Gasteiger partial charge in [-0.2, -0.15) is 0 Å². The molecule has 3 rings (SSSR count). The maximum absolute atomic E-state index is 12.4. The van der Waals surface area contributed by atoms with E-state index in [1.165, 1.54) is 34.0 Å². The van der Waals surface area contributed by atoms with Crippen LogP contribution in [-0.4, -0.2) is 26.7 Å². The number of aryl methyl sites for hydroxylation is 1. The molecule has 3 aromatic rings. The summed E-state index contributed by atoms with van der Waals surface area (Å²) in [6.07, 6.45) is 3.25. The molecule has 1 N–H and O–H groups in total. The molecule has 0 bridgehead atoms. The maximum atomic E-state index is 12.4. The van der Waals surface area contributed by atoms with E-state index in [9.17, 15) is 9.59 Å². The van der Waals surface area contributed by atoms with E-state index in [2.05, 4.69) is 31.2 Å². The summed E-state index contributed by atoms with van der Waals surface area (Å²) in [6, 6.07) is 5.53. The van der Waals surface area contributed by atoms with Crippen molar-refractivity contribution in [3.63, 3.8) is 0 Å². The maximum Gasteiger partial charge on any atom is 0.273 e. The van der Waals surface area contributed by atoms with Crippen molar-refractivity contribution >= 4 is 61.0 Å². The molecule has 0 aliphatic heterocycles. The van der Waals surface area contributed by atoms with Crippen molar-refractivity contribution in [1.29, 1.82) is 0 Å². The van der Waals surface area contributed by atoms with Gasteiger partial charge in [-0.15, -0.1) is 11.3 Å². The molecule has 0 unspecified atom stereocenters. The summed E-state index contributed by atoms with van der Waals surface area (Å²) in [4.78, 5) is 33.1. The fourth-order valence-corrected chi connectivity index (χ4v) is 3.81. The number of amides is 1. The molecule has 24 heavy (non-hydrogen) atoms. The van der Waals surface area contributed by atoms with Crippen LogP contribution >= 0.6 is 39.0 Å². The van der Waals surface area contributed by atoms with Gasteiger partial charge < -0.3 is 5.32 Å². The first kappa shape index (κ1) is 17.1. The van der Waals surface area contributed by atoms with Crippen LogP contribution in [0.25, 0.3) is 10.3 Å². The summed E-state index contributed by atoms with van der Waals surface area (Å²) in [5, 5.41) is 2.79. The number of nitrogens with zero attached hydrogens (tertiary/aromatic N) is 3. The minimum absolute atomic E-state index is 0.0939. The van der Waals surface area contributed by atoms with Crippen LogP contribution in [0.2, 0.25) is 0 Å². The highest BCUT2D eigenvalue weighted by Gasteiger charge is 2.12. The number of hydrogen-bond acceptors (Lipinski definition) is 6. The molecule has 2 heterocycles. The monoisotopic (exact) mass is 424 g/mol. The SMILES string of the molecule is CSc1nc2ncn(CC(=O)Nc3ccc(Br)c(C)c3)c(=O)c2s1. The molecule has 0 aliphatic carbocycles. The van der Waals surface area contributed by atoms with Crippen molar-refractivity contribution in [3.8, 4) is 0 Å². The van der Waals surface area contributed by atoms with Gasteiger partial charge in [-0.05, 0) is 36.9 Å². The molecule has 0 saturated heterocycles. The number of thiazole rings is 1. The summed E-state index contributed by atoms with van der Waals surface area (Å²) >= 11 is 6.17. The van der Waals surface area contributed by atoms with Crippen LogP contribution in [0.4, 0.5) is 5.69 Å². The molecule has 6 nitrogen and oxygen atoms in total. The van der Waals surface area contributed by atoms with Gasteiger partial charge in [-0.1, -0.05) is 27.7 Å². The van der Waals surface area contributed by atoms with E-state index in [1.807, 2.05) is 25.3 Å². The van der Waals surface area contributed by atoms with Crippen molar-refractivity contribution in [2.45, 2.75) is 17.8 Å². The van der Waals surface area contributed by atoms with E-state index in [0.717, 1.165) is 14.4 Å². The van der Waals surface area contributed by atoms with Crippen molar-refractivity contribution < 1.29 is 4.79 Å². The summed E-state index contributed by atoms with van der Waals surface area (Å²) in [6.45, 7) is 1.85. The second-order valence-corrected chi connectivity index (χ2v) is 7.93. The largest absolute Gasteiger partial charge is 0.325 e. The topological polar surface area (TPSA) is 76.9 Å². The number of carbonyl (C=O) groups excluding carboxylic acids is 1. The summed E-state index contributed by atoms with van der Waals surface area (Å²) < 4.78 is 3.52. The van der Waals surface area contributed by atoms with Crippen molar-refractivity contribution in [3.05, 3.63) is 44.9 Å². The molecular formula is C15H13BrN4O2S2. The third-order valence-electron chi connectivity index (χ3n) is 3.29. The molecule has 1 aromatic carbocycles. The van der Waals surface area contributed by atoms with Gasteiger partial charge in [0, 0.05) is 10.2 Å². The van der Waals surface area contributed by atoms with E-state index in [1.54, 1.807) is 6.07 Å². The molecule has 2 aromatic heterocycles. The Morgan fingerprint density at radius 1 is 1.46 bits per heavy atom. The van der Waals surface area contributed by atoms with Crippen molar-refractivity contribution in [1.82, 2.24) is 14.5 Å². The molecule has 0 atom stereocenters. The van der Waals surface area contributed by atoms with Crippen LogP contribution in [0.1, 0.15) is 5.56 Å². The molecule has 0 aliphatic rings. The zero-order valence-electron chi connectivity index (χ0n) is 12.9. The van der Waals surface area contributed by atoms with E-state index < -0.39 is 0 Å². The first-order valence-corrected chi connectivity index (χ1v) is 9.77. The minimum atomic E-state index is -0.283. The number of anilines is 1. The van der Waals surface area contributed by atoms with E-state index in [4.69, 9.17) is 0 Å². The van der Waals surface area contributed by atoms with Gasteiger partial charge in [0.2, 0.25) is 5.91 Å². The standard InChI is InChI=1S/C15H13BrN4O2S2/c1-8-5-9(3-4-10(8)16)18-11(21)6-20-7-17-13-12(14(20)22)24-15(19-13)23-2/h3-5,7H,6H2,1-2H3,(H,18,21). The van der Waals surface area contributed by atoms with Crippen molar-refractivity contribution in [2.24, 2.45) is 0 Å². The van der Waals surface area contributed by atoms with Gasteiger partial charge in [-0.3, -0.25) is 14.2 Å². The normalized spacial score (nSPS) is 11.0. The van der Waals surface area contributed by atoms with Crippen LogP contribution in [0.5, 0.6) is 0 Å².